The highest BCUT2D eigenvalue weighted by Gasteiger charge is 2.20. The minimum atomic E-state index is -0.263. The lowest BCUT2D eigenvalue weighted by molar-refractivity contribution is 0.0778. The Bertz CT molecular complexity index is 912. The first-order chi connectivity index (χ1) is 13.1. The summed E-state index contributed by atoms with van der Waals surface area (Å²) in [5, 5.41) is 0. The molecule has 5 heteroatoms. The number of hydrogen-bond acceptors (Lipinski definition) is 3. The maximum atomic E-state index is 13.4. The molecule has 2 aromatic carbocycles. The Morgan fingerprint density at radius 1 is 1.00 bits per heavy atom. The number of rotatable bonds is 6. The van der Waals surface area contributed by atoms with Gasteiger partial charge in [-0.2, -0.15) is 0 Å². The fourth-order valence-electron chi connectivity index (χ4n) is 2.96. The summed E-state index contributed by atoms with van der Waals surface area (Å²) in [5.41, 5.74) is 2.99. The second kappa shape index (κ2) is 8.72. The number of nitrogens with zero attached hydrogens (tertiary/aromatic N) is 1. The van der Waals surface area contributed by atoms with Crippen LogP contribution in [0.4, 0.5) is 4.39 Å². The molecule has 0 atom stereocenters. The lowest BCUT2D eigenvalue weighted by Crippen LogP contribution is -2.29. The zero-order valence-electron chi connectivity index (χ0n) is 15.7. The van der Waals surface area contributed by atoms with E-state index in [1.54, 1.807) is 23.9 Å². The van der Waals surface area contributed by atoms with Gasteiger partial charge in [0.05, 0.1) is 4.88 Å². The highest BCUT2D eigenvalue weighted by Crippen LogP contribution is 2.40. The monoisotopic (exact) mass is 399 g/mol. The summed E-state index contributed by atoms with van der Waals surface area (Å²) in [7, 11) is 0. The normalized spacial score (nSPS) is 10.8. The van der Waals surface area contributed by atoms with Crippen LogP contribution in [-0.2, 0) is 0 Å². The van der Waals surface area contributed by atoms with Gasteiger partial charge in [-0.15, -0.1) is 23.1 Å². The third kappa shape index (κ3) is 4.25. The molecule has 0 radical (unpaired) electrons. The van der Waals surface area contributed by atoms with Crippen LogP contribution in [0.5, 0.6) is 0 Å². The van der Waals surface area contributed by atoms with Crippen LogP contribution in [0.3, 0.4) is 0 Å². The van der Waals surface area contributed by atoms with Crippen LogP contribution in [0, 0.1) is 5.82 Å². The molecule has 0 fully saturated rings. The molecule has 0 unspecified atom stereocenters. The topological polar surface area (TPSA) is 20.3 Å². The summed E-state index contributed by atoms with van der Waals surface area (Å²) in [6.45, 7) is 5.32. The Balaban J connectivity index is 2.11. The number of benzene rings is 2. The average Bonchev–Trinajstić information content (AvgIpc) is 3.15. The Kier molecular flexibility index (Phi) is 6.34. The van der Waals surface area contributed by atoms with Gasteiger partial charge < -0.3 is 4.90 Å². The van der Waals surface area contributed by atoms with E-state index in [4.69, 9.17) is 0 Å². The van der Waals surface area contributed by atoms with Crippen LogP contribution < -0.4 is 0 Å². The predicted molar refractivity (Wildman–Crippen MR) is 114 cm³/mol. The minimum Gasteiger partial charge on any atom is -0.339 e. The van der Waals surface area contributed by atoms with E-state index >= 15 is 0 Å². The molecule has 0 aliphatic heterocycles. The summed E-state index contributed by atoms with van der Waals surface area (Å²) >= 11 is 3.17. The number of hydrogen-bond donors (Lipinski definition) is 0. The van der Waals surface area contributed by atoms with Gasteiger partial charge in [0.15, 0.2) is 0 Å². The first-order valence-corrected chi connectivity index (χ1v) is 10.9. The molecule has 0 saturated carbocycles. The quantitative estimate of drug-likeness (QED) is 0.445. The lowest BCUT2D eigenvalue weighted by atomic mass is 10.0. The van der Waals surface area contributed by atoms with E-state index in [2.05, 4.69) is 24.3 Å². The molecule has 0 spiro atoms. The molecule has 1 aromatic heterocycles. The third-order valence-corrected chi connectivity index (χ3v) is 6.42. The fraction of sp³-hybridized carbons (Fsp3) is 0.227. The van der Waals surface area contributed by atoms with Crippen molar-refractivity contribution < 1.29 is 9.18 Å². The second-order valence-corrected chi connectivity index (χ2v) is 8.00. The second-order valence-electron chi connectivity index (χ2n) is 6.07. The molecule has 140 valence electrons. The summed E-state index contributed by atoms with van der Waals surface area (Å²) in [5.74, 6) is -0.221. The van der Waals surface area contributed by atoms with Gasteiger partial charge in [-0.3, -0.25) is 4.79 Å². The van der Waals surface area contributed by atoms with Gasteiger partial charge in [0, 0.05) is 28.4 Å². The number of carbonyl (C=O) groups excluding carboxylic acids is 1. The van der Waals surface area contributed by atoms with Gasteiger partial charge in [0.2, 0.25) is 0 Å². The SMILES string of the molecule is CCN(CC)C(=O)c1cc(-c2ccc(SC)cc2)c(-c2ccc(F)cc2)s1. The van der Waals surface area contributed by atoms with E-state index in [0.717, 1.165) is 21.6 Å². The van der Waals surface area contributed by atoms with Crippen molar-refractivity contribution in [1.29, 1.82) is 0 Å². The van der Waals surface area contributed by atoms with Gasteiger partial charge in [0.1, 0.15) is 5.82 Å². The van der Waals surface area contributed by atoms with Crippen LogP contribution in [-0.4, -0.2) is 30.2 Å². The number of amides is 1. The molecule has 0 aliphatic carbocycles. The number of halogens is 1. The van der Waals surface area contributed by atoms with Crippen molar-refractivity contribution in [2.45, 2.75) is 18.7 Å². The van der Waals surface area contributed by atoms with E-state index in [9.17, 15) is 9.18 Å². The molecule has 3 rings (SSSR count). The largest absolute Gasteiger partial charge is 0.339 e. The molecule has 3 aromatic rings. The molecule has 0 N–H and O–H groups in total. The van der Waals surface area contributed by atoms with Crippen molar-refractivity contribution in [1.82, 2.24) is 4.90 Å². The maximum absolute atomic E-state index is 13.4. The van der Waals surface area contributed by atoms with Crippen molar-refractivity contribution in [2.24, 2.45) is 0 Å². The zero-order valence-corrected chi connectivity index (χ0v) is 17.3. The van der Waals surface area contributed by atoms with Crippen LogP contribution in [0.25, 0.3) is 21.6 Å². The molecule has 0 aliphatic rings. The summed E-state index contributed by atoms with van der Waals surface area (Å²) < 4.78 is 13.4. The van der Waals surface area contributed by atoms with Crippen molar-refractivity contribution in [3.63, 3.8) is 0 Å². The van der Waals surface area contributed by atoms with E-state index in [0.29, 0.717) is 18.0 Å². The Labute approximate surface area is 168 Å². The Hall–Kier alpha value is -2.11. The minimum absolute atomic E-state index is 0.0420. The summed E-state index contributed by atoms with van der Waals surface area (Å²) in [6, 6.07) is 16.7. The van der Waals surface area contributed by atoms with E-state index in [1.165, 1.54) is 28.4 Å². The van der Waals surface area contributed by atoms with Crippen molar-refractivity contribution in [3.8, 4) is 21.6 Å². The van der Waals surface area contributed by atoms with Gasteiger partial charge in [-0.25, -0.2) is 4.39 Å². The lowest BCUT2D eigenvalue weighted by Gasteiger charge is -2.17. The van der Waals surface area contributed by atoms with Crippen LogP contribution in [0.1, 0.15) is 23.5 Å². The van der Waals surface area contributed by atoms with Gasteiger partial charge in [-0.05, 0) is 61.6 Å². The highest BCUT2D eigenvalue weighted by atomic mass is 32.2. The molecule has 1 amide bonds. The highest BCUT2D eigenvalue weighted by molar-refractivity contribution is 7.98. The molecule has 27 heavy (non-hydrogen) atoms. The summed E-state index contributed by atoms with van der Waals surface area (Å²) in [4.78, 5) is 17.6. The number of thioether (sulfide) groups is 1. The fourth-order valence-corrected chi connectivity index (χ4v) is 4.53. The Morgan fingerprint density at radius 2 is 1.59 bits per heavy atom. The third-order valence-electron chi connectivity index (χ3n) is 4.50. The van der Waals surface area contributed by atoms with Gasteiger partial charge in [0.25, 0.3) is 5.91 Å². The average molecular weight is 400 g/mol. The molecule has 0 saturated heterocycles. The van der Waals surface area contributed by atoms with Crippen molar-refractivity contribution in [2.75, 3.05) is 19.3 Å². The van der Waals surface area contributed by atoms with Crippen molar-refractivity contribution in [3.05, 3.63) is 65.3 Å². The number of thiophene rings is 1. The van der Waals surface area contributed by atoms with E-state index in [-0.39, 0.29) is 11.7 Å². The maximum Gasteiger partial charge on any atom is 0.263 e. The first kappa shape index (κ1) is 19.6. The van der Waals surface area contributed by atoms with Crippen LogP contribution in [0.15, 0.2) is 59.5 Å². The first-order valence-electron chi connectivity index (χ1n) is 8.90. The zero-order chi connectivity index (χ0) is 19.4. The number of carbonyl (C=O) groups is 1. The molecule has 2 nitrogen and oxygen atoms in total. The predicted octanol–water partition coefficient (Wildman–Crippen LogP) is 6.43. The molecule has 0 bridgehead atoms. The molecular formula is C22H22FNOS2. The van der Waals surface area contributed by atoms with Crippen LogP contribution >= 0.6 is 23.1 Å². The Morgan fingerprint density at radius 3 is 2.15 bits per heavy atom. The standard InChI is InChI=1S/C22H22FNOS2/c1-4-24(5-2)22(25)20-14-19(15-8-12-18(26-3)13-9-15)21(27-20)16-6-10-17(23)11-7-16/h6-14H,4-5H2,1-3H3. The van der Waals surface area contributed by atoms with E-state index < -0.39 is 0 Å². The van der Waals surface area contributed by atoms with Crippen LogP contribution in [0.2, 0.25) is 0 Å². The summed E-state index contributed by atoms with van der Waals surface area (Å²) in [6.07, 6.45) is 2.05. The van der Waals surface area contributed by atoms with Gasteiger partial charge in [-0.1, -0.05) is 24.3 Å². The van der Waals surface area contributed by atoms with Gasteiger partial charge >= 0.3 is 0 Å². The van der Waals surface area contributed by atoms with Crippen molar-refractivity contribution >= 4 is 29.0 Å². The smallest absolute Gasteiger partial charge is 0.263 e. The molecular weight excluding hydrogens is 377 g/mol. The molecule has 1 heterocycles. The van der Waals surface area contributed by atoms with E-state index in [1.807, 2.05) is 31.1 Å².